The zero-order valence-electron chi connectivity index (χ0n) is 27.1. The predicted molar refractivity (Wildman–Crippen MR) is 201 cm³/mol. The molecule has 0 bridgehead atoms. The number of hydrogen-bond acceptors (Lipinski definition) is 3. The molecule has 2 heterocycles. The van der Waals surface area contributed by atoms with Gasteiger partial charge in [-0.25, -0.2) is 9.97 Å². The third kappa shape index (κ3) is 4.30. The topological polar surface area (TPSA) is 35.0 Å². The van der Waals surface area contributed by atoms with Crippen LogP contribution in [0.5, 0.6) is 11.5 Å². The number of para-hydroxylation sites is 2. The highest BCUT2D eigenvalue weighted by Gasteiger charge is 2.51. The first-order valence-electron chi connectivity index (χ1n) is 17.0. The lowest BCUT2D eigenvalue weighted by molar-refractivity contribution is 0.436. The van der Waals surface area contributed by atoms with Gasteiger partial charge in [-0.3, -0.25) is 0 Å². The van der Waals surface area contributed by atoms with Crippen molar-refractivity contribution in [1.82, 2.24) is 9.97 Å². The molecule has 0 unspecified atom stereocenters. The fraction of sp³-hybridized carbons (Fsp3) is 0.0213. The highest BCUT2D eigenvalue weighted by molar-refractivity contribution is 5.90. The fourth-order valence-corrected chi connectivity index (χ4v) is 7.94. The maximum atomic E-state index is 6.55. The first-order valence-corrected chi connectivity index (χ1v) is 17.0. The number of rotatable bonds is 4. The Labute approximate surface area is 291 Å². The first kappa shape index (κ1) is 28.4. The second-order valence-corrected chi connectivity index (χ2v) is 12.9. The van der Waals surface area contributed by atoms with Gasteiger partial charge < -0.3 is 4.74 Å². The summed E-state index contributed by atoms with van der Waals surface area (Å²) in [4.78, 5) is 10.5. The van der Waals surface area contributed by atoms with Gasteiger partial charge in [0.1, 0.15) is 11.5 Å². The van der Waals surface area contributed by atoms with E-state index < -0.39 is 5.41 Å². The van der Waals surface area contributed by atoms with E-state index in [0.29, 0.717) is 5.82 Å². The molecule has 8 aromatic rings. The average Bonchev–Trinajstić information content (AvgIpc) is 3.48. The van der Waals surface area contributed by atoms with Crippen LogP contribution in [0.2, 0.25) is 0 Å². The van der Waals surface area contributed by atoms with Gasteiger partial charge in [0.25, 0.3) is 0 Å². The predicted octanol–water partition coefficient (Wildman–Crippen LogP) is 11.6. The van der Waals surface area contributed by atoms with Crippen molar-refractivity contribution >= 4 is 0 Å². The second kappa shape index (κ2) is 11.3. The molecule has 1 aliphatic carbocycles. The summed E-state index contributed by atoms with van der Waals surface area (Å²) >= 11 is 0. The third-order valence-corrected chi connectivity index (χ3v) is 10.2. The van der Waals surface area contributed by atoms with E-state index in [2.05, 4.69) is 170 Å². The Bertz CT molecular complexity index is 2510. The number of ether oxygens (including phenoxy) is 1. The maximum Gasteiger partial charge on any atom is 0.160 e. The van der Waals surface area contributed by atoms with Crippen molar-refractivity contribution in [2.75, 3.05) is 0 Å². The van der Waals surface area contributed by atoms with Crippen LogP contribution in [0.15, 0.2) is 182 Å². The molecule has 0 atom stereocenters. The van der Waals surface area contributed by atoms with Crippen molar-refractivity contribution in [2.45, 2.75) is 5.41 Å². The Balaban J connectivity index is 1.19. The fourth-order valence-electron chi connectivity index (χ4n) is 7.94. The molecule has 0 N–H and O–H groups in total. The highest BCUT2D eigenvalue weighted by atomic mass is 16.5. The Morgan fingerprint density at radius 3 is 1.46 bits per heavy atom. The van der Waals surface area contributed by atoms with Gasteiger partial charge in [0.05, 0.1) is 16.8 Å². The summed E-state index contributed by atoms with van der Waals surface area (Å²) in [5, 5.41) is 0. The van der Waals surface area contributed by atoms with Crippen molar-refractivity contribution in [3.8, 4) is 67.7 Å². The number of hydrogen-bond donors (Lipinski definition) is 0. The average molecular weight is 639 g/mol. The standard InChI is InChI=1S/C47H30N2O/c1-3-13-31(14-4-1)32-23-25-34(26-24-32)43-30-42(33-15-5-2-6-16-33)48-46(49-43)35-27-28-37-36-17-7-8-18-38(36)47(41(37)29-35)39-19-9-11-21-44(39)50-45-22-12-10-20-40(45)47/h1-30H. The summed E-state index contributed by atoms with van der Waals surface area (Å²) in [6, 6.07) is 64.1. The quantitative estimate of drug-likeness (QED) is 0.192. The molecule has 2 aliphatic rings. The van der Waals surface area contributed by atoms with Crippen LogP contribution in [0.3, 0.4) is 0 Å². The molecule has 1 aromatic heterocycles. The zero-order chi connectivity index (χ0) is 33.1. The molecule has 3 heteroatoms. The van der Waals surface area contributed by atoms with E-state index in [4.69, 9.17) is 14.7 Å². The molecule has 234 valence electrons. The number of fused-ring (bicyclic) bond motifs is 9. The Morgan fingerprint density at radius 2 is 0.800 bits per heavy atom. The molecule has 10 rings (SSSR count). The SMILES string of the molecule is c1ccc(-c2ccc(-c3cc(-c4ccccc4)nc(-c4ccc5c(c4)C4(c6ccccc6Oc6ccccc64)c4ccccc4-5)n3)cc2)cc1. The van der Waals surface area contributed by atoms with Crippen LogP contribution in [0, 0.1) is 0 Å². The van der Waals surface area contributed by atoms with Crippen molar-refractivity contribution in [1.29, 1.82) is 0 Å². The van der Waals surface area contributed by atoms with E-state index in [1.165, 1.54) is 33.4 Å². The Kier molecular flexibility index (Phi) is 6.40. The molecule has 0 saturated heterocycles. The molecular formula is C47H30N2O. The minimum absolute atomic E-state index is 0.555. The summed E-state index contributed by atoms with van der Waals surface area (Å²) in [7, 11) is 0. The largest absolute Gasteiger partial charge is 0.457 e. The van der Waals surface area contributed by atoms with Crippen molar-refractivity contribution in [2.24, 2.45) is 0 Å². The lowest BCUT2D eigenvalue weighted by Crippen LogP contribution is -2.32. The first-order chi connectivity index (χ1) is 24.8. The normalized spacial score (nSPS) is 13.1. The van der Waals surface area contributed by atoms with E-state index in [1.54, 1.807) is 0 Å². The minimum atomic E-state index is -0.555. The number of nitrogens with zero attached hydrogens (tertiary/aromatic N) is 2. The molecule has 1 aliphatic heterocycles. The van der Waals surface area contributed by atoms with E-state index in [1.807, 2.05) is 12.1 Å². The van der Waals surface area contributed by atoms with Gasteiger partial charge in [0, 0.05) is 27.8 Å². The van der Waals surface area contributed by atoms with Gasteiger partial charge in [-0.15, -0.1) is 0 Å². The molecule has 0 amide bonds. The van der Waals surface area contributed by atoms with Crippen LogP contribution in [0.1, 0.15) is 22.3 Å². The molecular weight excluding hydrogens is 609 g/mol. The van der Waals surface area contributed by atoms with E-state index in [9.17, 15) is 0 Å². The minimum Gasteiger partial charge on any atom is -0.457 e. The molecule has 0 radical (unpaired) electrons. The lowest BCUT2D eigenvalue weighted by Gasteiger charge is -2.39. The Morgan fingerprint density at radius 1 is 0.340 bits per heavy atom. The third-order valence-electron chi connectivity index (χ3n) is 10.2. The molecule has 50 heavy (non-hydrogen) atoms. The van der Waals surface area contributed by atoms with Crippen molar-refractivity contribution in [3.05, 3.63) is 204 Å². The second-order valence-electron chi connectivity index (χ2n) is 12.9. The maximum absolute atomic E-state index is 6.55. The number of aromatic nitrogens is 2. The van der Waals surface area contributed by atoms with Gasteiger partial charge in [-0.05, 0) is 57.6 Å². The summed E-state index contributed by atoms with van der Waals surface area (Å²) in [5.74, 6) is 2.45. The van der Waals surface area contributed by atoms with Gasteiger partial charge >= 0.3 is 0 Å². The van der Waals surface area contributed by atoms with Gasteiger partial charge in [-0.2, -0.15) is 0 Å². The summed E-state index contributed by atoms with van der Waals surface area (Å²) < 4.78 is 6.55. The molecule has 3 nitrogen and oxygen atoms in total. The van der Waals surface area contributed by atoms with E-state index in [0.717, 1.165) is 50.7 Å². The van der Waals surface area contributed by atoms with Crippen LogP contribution >= 0.6 is 0 Å². The summed E-state index contributed by atoms with van der Waals surface area (Å²) in [6.45, 7) is 0. The van der Waals surface area contributed by atoms with E-state index in [-0.39, 0.29) is 0 Å². The molecule has 0 fully saturated rings. The number of benzene rings is 7. The van der Waals surface area contributed by atoms with Crippen LogP contribution < -0.4 is 4.74 Å². The lowest BCUT2D eigenvalue weighted by atomic mass is 9.66. The van der Waals surface area contributed by atoms with Crippen LogP contribution in [0.25, 0.3) is 56.2 Å². The Hall–Kier alpha value is -6.58. The molecule has 7 aromatic carbocycles. The molecule has 1 spiro atoms. The van der Waals surface area contributed by atoms with Gasteiger partial charge in [0.2, 0.25) is 0 Å². The zero-order valence-corrected chi connectivity index (χ0v) is 27.1. The van der Waals surface area contributed by atoms with Crippen LogP contribution in [-0.2, 0) is 5.41 Å². The van der Waals surface area contributed by atoms with Gasteiger partial charge in [-0.1, -0.05) is 158 Å². The van der Waals surface area contributed by atoms with Gasteiger partial charge in [0.15, 0.2) is 5.82 Å². The smallest absolute Gasteiger partial charge is 0.160 e. The molecule has 0 saturated carbocycles. The monoisotopic (exact) mass is 638 g/mol. The highest BCUT2D eigenvalue weighted by Crippen LogP contribution is 2.62. The van der Waals surface area contributed by atoms with Crippen molar-refractivity contribution in [3.63, 3.8) is 0 Å². The van der Waals surface area contributed by atoms with E-state index >= 15 is 0 Å². The summed E-state index contributed by atoms with van der Waals surface area (Å²) in [5.41, 5.74) is 13.8. The van der Waals surface area contributed by atoms with Crippen molar-refractivity contribution < 1.29 is 4.74 Å². The summed E-state index contributed by atoms with van der Waals surface area (Å²) in [6.07, 6.45) is 0. The van der Waals surface area contributed by atoms with Crippen LogP contribution in [-0.4, -0.2) is 9.97 Å². The van der Waals surface area contributed by atoms with Crippen LogP contribution in [0.4, 0.5) is 0 Å².